The molecule has 2 saturated heterocycles. The number of nitrogens with two attached hydrogens (primary N) is 1. The fourth-order valence-electron chi connectivity index (χ4n) is 10.6. The number of anilines is 1. The van der Waals surface area contributed by atoms with Gasteiger partial charge in [-0.25, -0.2) is 9.78 Å². The third-order valence-electron chi connectivity index (χ3n) is 15.0. The van der Waals surface area contributed by atoms with E-state index in [4.69, 9.17) is 24.7 Å². The van der Waals surface area contributed by atoms with Crippen molar-refractivity contribution in [1.82, 2.24) is 14.9 Å². The smallest absolute Gasteiger partial charge is 0.329 e. The molecule has 8 unspecified atom stereocenters. The molecule has 0 radical (unpaired) electrons. The van der Waals surface area contributed by atoms with E-state index in [0.717, 1.165) is 12.0 Å². The molecule has 16 nitrogen and oxygen atoms in total. The number of aromatic nitrogens is 2. The van der Waals surface area contributed by atoms with Crippen LogP contribution in [0.5, 0.6) is 0 Å². The number of fused-ring (bicyclic) bond motifs is 3. The molecule has 16 heteroatoms. The summed E-state index contributed by atoms with van der Waals surface area (Å²) < 4.78 is 23.9. The summed E-state index contributed by atoms with van der Waals surface area (Å²) in [6, 6.07) is -2.03. The highest BCUT2D eigenvalue weighted by molar-refractivity contribution is 6.39. The van der Waals surface area contributed by atoms with Crippen LogP contribution < -0.4 is 11.1 Å². The van der Waals surface area contributed by atoms with Crippen LogP contribution in [-0.2, 0) is 38.1 Å². The summed E-state index contributed by atoms with van der Waals surface area (Å²) in [5, 5.41) is 37.5. The first-order valence-electron chi connectivity index (χ1n) is 25.3. The van der Waals surface area contributed by atoms with Crippen molar-refractivity contribution in [3.63, 3.8) is 0 Å². The van der Waals surface area contributed by atoms with Gasteiger partial charge in [-0.15, -0.1) is 0 Å². The SMILES string of the molecule is COC1CC(C[C@@H](C)[C@@H]2CC[C@H](N)/C=C(\C)C(O)[C@@H](OC)C(=O)C(C)C[C@H](C)/C=C/C=C/C=C(\C)[C@@H](Nc3cnccn3)CC3CCC(C)C(O)(O3)C(=O)C(=O)N3CCCCC3C(=O)O2)CC[C@H]1O. The van der Waals surface area contributed by atoms with Gasteiger partial charge in [0.2, 0.25) is 5.79 Å². The number of methoxy groups -OCH3 is 2. The van der Waals surface area contributed by atoms with Crippen LogP contribution in [0.2, 0.25) is 0 Å². The highest BCUT2D eigenvalue weighted by Crippen LogP contribution is 2.38. The normalized spacial score (nSPS) is 38.6. The highest BCUT2D eigenvalue weighted by atomic mass is 16.6. The van der Waals surface area contributed by atoms with Crippen LogP contribution in [0.15, 0.2) is 66.2 Å². The Hall–Kier alpha value is -4.16. The summed E-state index contributed by atoms with van der Waals surface area (Å²) in [6.45, 7) is 11.4. The molecule has 1 saturated carbocycles. The van der Waals surface area contributed by atoms with E-state index >= 15 is 0 Å². The molecule has 2 bridgehead atoms. The first kappa shape index (κ1) is 55.8. The number of carbonyl (C=O) groups excluding carboxylic acids is 4. The van der Waals surface area contributed by atoms with Crippen molar-refractivity contribution in [3.05, 3.63) is 66.2 Å². The zero-order valence-electron chi connectivity index (χ0n) is 42.2. The van der Waals surface area contributed by atoms with Gasteiger partial charge in [-0.3, -0.25) is 19.4 Å². The maximum Gasteiger partial charge on any atom is 0.329 e. The number of nitrogens with one attached hydrogen (secondary N) is 1. The first-order valence-corrected chi connectivity index (χ1v) is 25.3. The monoisotopic (exact) mass is 964 g/mol. The van der Waals surface area contributed by atoms with E-state index in [2.05, 4.69) is 15.3 Å². The number of nitrogens with zero attached hydrogens (tertiary/aromatic N) is 3. The molecule has 5 rings (SSSR count). The lowest BCUT2D eigenvalue weighted by molar-refractivity contribution is -0.263. The van der Waals surface area contributed by atoms with Gasteiger partial charge in [0.05, 0.1) is 30.6 Å². The van der Waals surface area contributed by atoms with Crippen LogP contribution in [0.3, 0.4) is 0 Å². The predicted octanol–water partition coefficient (Wildman–Crippen LogP) is 5.95. The second-order valence-corrected chi connectivity index (χ2v) is 20.4. The van der Waals surface area contributed by atoms with Gasteiger partial charge in [0, 0.05) is 51.0 Å². The fourth-order valence-corrected chi connectivity index (χ4v) is 10.6. The van der Waals surface area contributed by atoms with Crippen molar-refractivity contribution in [1.29, 1.82) is 0 Å². The van der Waals surface area contributed by atoms with Gasteiger partial charge < -0.3 is 50.2 Å². The van der Waals surface area contributed by atoms with E-state index < -0.39 is 77.9 Å². The van der Waals surface area contributed by atoms with E-state index in [0.29, 0.717) is 82.0 Å². The lowest BCUT2D eigenvalue weighted by Gasteiger charge is -2.43. The van der Waals surface area contributed by atoms with E-state index in [-0.39, 0.29) is 48.6 Å². The van der Waals surface area contributed by atoms with Crippen molar-refractivity contribution in [2.75, 3.05) is 26.1 Å². The molecule has 384 valence electrons. The number of carbonyl (C=O) groups is 4. The van der Waals surface area contributed by atoms with Crippen LogP contribution in [0.1, 0.15) is 125 Å². The fraction of sp³-hybridized carbons (Fsp3) is 0.698. The number of hydrogen-bond donors (Lipinski definition) is 5. The summed E-state index contributed by atoms with van der Waals surface area (Å²) in [4.78, 5) is 66.9. The molecule has 3 fully saturated rings. The van der Waals surface area contributed by atoms with Gasteiger partial charge in [-0.2, -0.15) is 0 Å². The number of Topliss-reactive ketones (excluding diaryl/α,β-unsaturated/α-hetero) is 2. The summed E-state index contributed by atoms with van der Waals surface area (Å²) in [7, 11) is 3.00. The molecule has 4 heterocycles. The lowest BCUT2D eigenvalue weighted by Crippen LogP contribution is -2.61. The van der Waals surface area contributed by atoms with Gasteiger partial charge in [0.1, 0.15) is 30.2 Å². The largest absolute Gasteiger partial charge is 0.461 e. The Morgan fingerprint density at radius 3 is 2.39 bits per heavy atom. The highest BCUT2D eigenvalue weighted by Gasteiger charge is 2.53. The number of ketones is 2. The number of ether oxygens (including phenoxy) is 4. The summed E-state index contributed by atoms with van der Waals surface area (Å²) in [5.74, 6) is -5.96. The first-order chi connectivity index (χ1) is 32.9. The molecular weight excluding hydrogens is 883 g/mol. The third-order valence-corrected chi connectivity index (χ3v) is 15.0. The van der Waals surface area contributed by atoms with Crippen LogP contribution in [0, 0.1) is 29.6 Å². The number of allylic oxidation sites excluding steroid dienone is 5. The standard InChI is InChI=1S/C53H81N5O11/c1-32-14-10-9-11-15-33(2)41(57-46-31-55-23-24-56-46)30-40-20-17-37(6)53(65,69-40)50(62)51(63)58-25-13-12-16-42(58)52(64)68-44(34(3)27-38-18-21-43(59)45(29-38)66-7)22-19-39(54)28-36(5)48(61)49(67-8)47(60)35(4)26-32/h9-11,14-15,23-24,28,31-32,34-35,37-45,48-49,59,61,65H,12-13,16-22,25-27,29-30,54H2,1-8H3,(H,56,57)/b11-9+,14-10+,33-15+,36-28+/t32-,34-,35?,37?,38?,39+,40?,41+,42?,43-,44+,45?,48?,49+,53?/m1/s1. The Morgan fingerprint density at radius 1 is 0.913 bits per heavy atom. The number of hydrogen-bond acceptors (Lipinski definition) is 15. The number of aliphatic hydroxyl groups excluding tert-OH is 2. The van der Waals surface area contributed by atoms with Crippen molar-refractivity contribution < 1.29 is 53.4 Å². The summed E-state index contributed by atoms with van der Waals surface area (Å²) in [6.07, 6.45) is 18.3. The third kappa shape index (κ3) is 15.2. The van der Waals surface area contributed by atoms with Crippen molar-refractivity contribution in [2.45, 2.75) is 186 Å². The molecule has 0 spiro atoms. The van der Waals surface area contributed by atoms with Gasteiger partial charge in [-0.05, 0) is 121 Å². The second kappa shape index (κ2) is 26.3. The Balaban J connectivity index is 1.47. The Bertz CT molecular complexity index is 1980. The molecule has 1 aromatic heterocycles. The second-order valence-electron chi connectivity index (χ2n) is 20.4. The van der Waals surface area contributed by atoms with Crippen molar-refractivity contribution >= 4 is 29.3 Å². The molecule has 1 amide bonds. The number of esters is 1. The molecule has 15 atom stereocenters. The van der Waals surface area contributed by atoms with Gasteiger partial charge in [0.15, 0.2) is 5.78 Å². The Morgan fingerprint density at radius 2 is 1.68 bits per heavy atom. The van der Waals surface area contributed by atoms with Crippen LogP contribution in [0.25, 0.3) is 0 Å². The van der Waals surface area contributed by atoms with Gasteiger partial charge in [-0.1, -0.05) is 69.7 Å². The average Bonchev–Trinajstić information content (AvgIpc) is 3.33. The number of cyclic esters (lactones) is 1. The van der Waals surface area contributed by atoms with E-state index in [1.165, 1.54) is 12.0 Å². The molecule has 1 aromatic rings. The number of piperidine rings is 1. The zero-order chi connectivity index (χ0) is 50.4. The van der Waals surface area contributed by atoms with E-state index in [1.807, 2.05) is 58.1 Å². The molecule has 69 heavy (non-hydrogen) atoms. The minimum absolute atomic E-state index is 0.0241. The van der Waals surface area contributed by atoms with E-state index in [1.54, 1.807) is 45.6 Å². The lowest BCUT2D eigenvalue weighted by atomic mass is 9.78. The number of amides is 1. The summed E-state index contributed by atoms with van der Waals surface area (Å²) >= 11 is 0. The topological polar surface area (TPSA) is 233 Å². The van der Waals surface area contributed by atoms with Crippen LogP contribution in [0.4, 0.5) is 5.82 Å². The van der Waals surface area contributed by atoms with Gasteiger partial charge in [0.25, 0.3) is 11.7 Å². The van der Waals surface area contributed by atoms with Crippen molar-refractivity contribution in [3.8, 4) is 0 Å². The van der Waals surface area contributed by atoms with Crippen molar-refractivity contribution in [2.24, 2.45) is 35.3 Å². The molecule has 4 aliphatic rings. The van der Waals surface area contributed by atoms with Crippen LogP contribution in [-0.4, -0.2) is 135 Å². The molecule has 3 aliphatic heterocycles. The maximum absolute atomic E-state index is 14.4. The summed E-state index contributed by atoms with van der Waals surface area (Å²) in [5.41, 5.74) is 8.08. The minimum atomic E-state index is -2.44. The average molecular weight is 964 g/mol. The van der Waals surface area contributed by atoms with Crippen LogP contribution >= 0.6 is 0 Å². The molecule has 1 aliphatic carbocycles. The Labute approximate surface area is 409 Å². The van der Waals surface area contributed by atoms with E-state index in [9.17, 15) is 34.5 Å². The quantitative estimate of drug-likeness (QED) is 0.121. The zero-order valence-corrected chi connectivity index (χ0v) is 42.2. The Kier molecular flexibility index (Phi) is 21.3. The number of aliphatic hydroxyl groups is 3. The number of rotatable bonds is 7. The minimum Gasteiger partial charge on any atom is -0.461 e. The molecule has 6 N–H and O–H groups in total. The van der Waals surface area contributed by atoms with Gasteiger partial charge >= 0.3 is 5.97 Å². The molecule has 0 aromatic carbocycles. The maximum atomic E-state index is 14.4. The molecular formula is C53H81N5O11. The predicted molar refractivity (Wildman–Crippen MR) is 262 cm³/mol.